The van der Waals surface area contributed by atoms with Crippen LogP contribution in [0.3, 0.4) is 0 Å². The number of likely N-dealkylation sites (N-methyl/N-ethyl adjacent to an activating group) is 1. The minimum Gasteiger partial charge on any atom is -0.353 e. The SMILES string of the molecule is CCc1cc(C(F)(F)F)n2nc([C@H]3CCCN3C(=O)C[C@H]3C(=O)NCCN3C)cc2n1. The van der Waals surface area contributed by atoms with E-state index in [0.717, 1.165) is 17.0 Å². The van der Waals surface area contributed by atoms with Crippen molar-refractivity contribution in [2.75, 3.05) is 26.7 Å². The summed E-state index contributed by atoms with van der Waals surface area (Å²) >= 11 is 0. The summed E-state index contributed by atoms with van der Waals surface area (Å²) in [6, 6.07) is 1.56. The topological polar surface area (TPSA) is 82.8 Å². The molecule has 2 aliphatic heterocycles. The summed E-state index contributed by atoms with van der Waals surface area (Å²) in [6.07, 6.45) is -2.86. The van der Waals surface area contributed by atoms with Crippen LogP contribution in [0.1, 0.15) is 49.3 Å². The first kappa shape index (κ1) is 21.5. The summed E-state index contributed by atoms with van der Waals surface area (Å²) in [7, 11) is 1.80. The van der Waals surface area contributed by atoms with Gasteiger partial charge in [-0.05, 0) is 32.4 Å². The fourth-order valence-electron chi connectivity index (χ4n) is 4.32. The van der Waals surface area contributed by atoms with E-state index in [4.69, 9.17) is 0 Å². The van der Waals surface area contributed by atoms with E-state index in [9.17, 15) is 22.8 Å². The summed E-state index contributed by atoms with van der Waals surface area (Å²) in [6.45, 7) is 3.42. The molecule has 2 saturated heterocycles. The van der Waals surface area contributed by atoms with E-state index in [2.05, 4.69) is 15.4 Å². The first-order valence-corrected chi connectivity index (χ1v) is 10.4. The van der Waals surface area contributed by atoms with Gasteiger partial charge in [0, 0.05) is 31.4 Å². The van der Waals surface area contributed by atoms with Crippen molar-refractivity contribution in [2.24, 2.45) is 0 Å². The van der Waals surface area contributed by atoms with Crippen molar-refractivity contribution in [2.45, 2.75) is 50.9 Å². The van der Waals surface area contributed by atoms with Gasteiger partial charge in [-0.2, -0.15) is 18.3 Å². The molecule has 2 aliphatic rings. The molecule has 0 spiro atoms. The Morgan fingerprint density at radius 3 is 2.74 bits per heavy atom. The zero-order valence-electron chi connectivity index (χ0n) is 17.4. The minimum absolute atomic E-state index is 0.0260. The maximum atomic E-state index is 13.6. The van der Waals surface area contributed by atoms with Gasteiger partial charge >= 0.3 is 6.18 Å². The number of amides is 2. The second-order valence-electron chi connectivity index (χ2n) is 8.06. The Hall–Kier alpha value is -2.69. The minimum atomic E-state index is -4.57. The molecule has 0 unspecified atom stereocenters. The normalized spacial score (nSPS) is 22.9. The number of halogens is 3. The van der Waals surface area contributed by atoms with Gasteiger partial charge in [0.25, 0.3) is 0 Å². The average Bonchev–Trinajstić information content (AvgIpc) is 3.35. The molecule has 0 radical (unpaired) electrons. The molecular weight excluding hydrogens is 413 g/mol. The number of likely N-dealkylation sites (tertiary alicyclic amines) is 1. The molecule has 2 fully saturated rings. The maximum absolute atomic E-state index is 13.6. The predicted octanol–water partition coefficient (Wildman–Crippen LogP) is 1.79. The highest BCUT2D eigenvalue weighted by Crippen LogP contribution is 2.35. The highest BCUT2D eigenvalue weighted by Gasteiger charge is 2.38. The zero-order chi connectivity index (χ0) is 22.3. The van der Waals surface area contributed by atoms with Crippen molar-refractivity contribution in [1.82, 2.24) is 29.7 Å². The van der Waals surface area contributed by atoms with Crippen LogP contribution in [-0.4, -0.2) is 68.9 Å². The van der Waals surface area contributed by atoms with E-state index in [1.165, 1.54) is 6.07 Å². The largest absolute Gasteiger partial charge is 0.433 e. The van der Waals surface area contributed by atoms with E-state index in [1.54, 1.807) is 18.9 Å². The molecule has 0 bridgehead atoms. The number of alkyl halides is 3. The molecule has 1 N–H and O–H groups in total. The highest BCUT2D eigenvalue weighted by atomic mass is 19.4. The van der Waals surface area contributed by atoms with Crippen molar-refractivity contribution >= 4 is 17.5 Å². The third kappa shape index (κ3) is 4.10. The molecule has 2 aromatic rings. The van der Waals surface area contributed by atoms with Gasteiger partial charge in [0.1, 0.15) is 5.69 Å². The van der Waals surface area contributed by atoms with Crippen molar-refractivity contribution in [1.29, 1.82) is 0 Å². The van der Waals surface area contributed by atoms with E-state index >= 15 is 0 Å². The Balaban J connectivity index is 1.62. The molecule has 0 saturated carbocycles. The van der Waals surface area contributed by atoms with Crippen LogP contribution in [-0.2, 0) is 22.2 Å². The smallest absolute Gasteiger partial charge is 0.353 e. The Kier molecular flexibility index (Phi) is 5.63. The van der Waals surface area contributed by atoms with Crippen molar-refractivity contribution in [3.8, 4) is 0 Å². The highest BCUT2D eigenvalue weighted by molar-refractivity contribution is 5.89. The van der Waals surface area contributed by atoms with Gasteiger partial charge < -0.3 is 10.2 Å². The number of carbonyl (C=O) groups excluding carboxylic acids is 2. The number of rotatable bonds is 4. The summed E-state index contributed by atoms with van der Waals surface area (Å²) in [5.41, 5.74) is -0.0418. The van der Waals surface area contributed by atoms with Crippen molar-refractivity contribution < 1.29 is 22.8 Å². The number of hydrogen-bond acceptors (Lipinski definition) is 5. The number of aryl methyl sites for hydroxylation is 1. The standard InChI is InChI=1S/C20H25F3N6O2/c1-3-12-9-16(20(21,22)23)29-17(25-12)10-13(26-29)14-5-4-7-28(14)18(30)11-15-19(31)24-6-8-27(15)2/h9-10,14-15H,3-8,11H2,1-2H3,(H,24,31)/t14-,15+/m1/s1. The molecule has 2 amide bonds. The summed E-state index contributed by atoms with van der Waals surface area (Å²) in [5, 5.41) is 6.96. The predicted molar refractivity (Wildman–Crippen MR) is 105 cm³/mol. The summed E-state index contributed by atoms with van der Waals surface area (Å²) in [4.78, 5) is 32.9. The first-order valence-electron chi connectivity index (χ1n) is 10.4. The number of piperazine rings is 1. The van der Waals surface area contributed by atoms with Gasteiger partial charge in [-0.25, -0.2) is 9.50 Å². The van der Waals surface area contributed by atoms with Crippen LogP contribution in [0, 0.1) is 0 Å². The van der Waals surface area contributed by atoms with Crippen LogP contribution in [0.15, 0.2) is 12.1 Å². The van der Waals surface area contributed by atoms with Gasteiger partial charge in [0.2, 0.25) is 11.8 Å². The second kappa shape index (κ2) is 8.10. The van der Waals surface area contributed by atoms with Gasteiger partial charge in [-0.3, -0.25) is 14.5 Å². The molecular formula is C20H25F3N6O2. The van der Waals surface area contributed by atoms with Crippen LogP contribution >= 0.6 is 0 Å². The Bertz CT molecular complexity index is 1000. The lowest BCUT2D eigenvalue weighted by molar-refractivity contribution is -0.142. The van der Waals surface area contributed by atoms with Gasteiger partial charge in [-0.1, -0.05) is 6.92 Å². The fourth-order valence-corrected chi connectivity index (χ4v) is 4.32. The number of aromatic nitrogens is 3. The lowest BCUT2D eigenvalue weighted by Crippen LogP contribution is -2.55. The number of hydrogen-bond donors (Lipinski definition) is 1. The molecule has 0 aliphatic carbocycles. The van der Waals surface area contributed by atoms with E-state index < -0.39 is 24.0 Å². The summed E-state index contributed by atoms with van der Waals surface area (Å²) in [5.74, 6) is -0.386. The quantitative estimate of drug-likeness (QED) is 0.787. The Morgan fingerprint density at radius 2 is 2.06 bits per heavy atom. The van der Waals surface area contributed by atoms with Crippen LogP contribution in [0.4, 0.5) is 13.2 Å². The number of carbonyl (C=O) groups is 2. The fraction of sp³-hybridized carbons (Fsp3) is 0.600. The Labute approximate surface area is 177 Å². The van der Waals surface area contributed by atoms with Crippen LogP contribution < -0.4 is 5.32 Å². The lowest BCUT2D eigenvalue weighted by atomic mass is 10.1. The van der Waals surface area contributed by atoms with Crippen LogP contribution in [0.5, 0.6) is 0 Å². The molecule has 2 atom stereocenters. The molecule has 0 aromatic carbocycles. The van der Waals surface area contributed by atoms with Gasteiger partial charge in [0.05, 0.1) is 24.2 Å². The molecule has 168 valence electrons. The van der Waals surface area contributed by atoms with Crippen LogP contribution in [0.25, 0.3) is 5.65 Å². The van der Waals surface area contributed by atoms with E-state index in [1.807, 2.05) is 4.90 Å². The number of fused-ring (bicyclic) bond motifs is 1. The third-order valence-corrected chi connectivity index (χ3v) is 6.03. The van der Waals surface area contributed by atoms with E-state index in [0.29, 0.717) is 43.9 Å². The monoisotopic (exact) mass is 438 g/mol. The van der Waals surface area contributed by atoms with Crippen molar-refractivity contribution in [3.63, 3.8) is 0 Å². The average molecular weight is 438 g/mol. The molecule has 2 aromatic heterocycles. The van der Waals surface area contributed by atoms with Gasteiger partial charge in [0.15, 0.2) is 5.65 Å². The second-order valence-corrected chi connectivity index (χ2v) is 8.06. The molecule has 4 heterocycles. The lowest BCUT2D eigenvalue weighted by Gasteiger charge is -2.33. The van der Waals surface area contributed by atoms with Crippen molar-refractivity contribution in [3.05, 3.63) is 29.2 Å². The molecule has 4 rings (SSSR count). The zero-order valence-corrected chi connectivity index (χ0v) is 17.4. The van der Waals surface area contributed by atoms with Crippen LogP contribution in [0.2, 0.25) is 0 Å². The molecule has 11 heteroatoms. The molecule has 8 nitrogen and oxygen atoms in total. The van der Waals surface area contributed by atoms with E-state index in [-0.39, 0.29) is 23.9 Å². The summed E-state index contributed by atoms with van der Waals surface area (Å²) < 4.78 is 41.5. The third-order valence-electron chi connectivity index (χ3n) is 6.03. The maximum Gasteiger partial charge on any atom is 0.433 e. The Morgan fingerprint density at radius 1 is 1.29 bits per heavy atom. The first-order chi connectivity index (χ1) is 14.7. The molecule has 31 heavy (non-hydrogen) atoms. The number of nitrogens with one attached hydrogen (secondary N) is 1. The van der Waals surface area contributed by atoms with Gasteiger partial charge in [-0.15, -0.1) is 0 Å². The number of nitrogens with zero attached hydrogens (tertiary/aromatic N) is 5.